The van der Waals surface area contributed by atoms with E-state index < -0.39 is 0 Å². The van der Waals surface area contributed by atoms with E-state index in [0.29, 0.717) is 32.0 Å². The van der Waals surface area contributed by atoms with Crippen LogP contribution in [0.1, 0.15) is 51.9 Å². The molecule has 0 aliphatic heterocycles. The highest BCUT2D eigenvalue weighted by molar-refractivity contribution is 5.80. The van der Waals surface area contributed by atoms with Crippen LogP contribution in [-0.4, -0.2) is 35.1 Å². The summed E-state index contributed by atoms with van der Waals surface area (Å²) in [5.41, 5.74) is 0.886. The predicted octanol–water partition coefficient (Wildman–Crippen LogP) is 4.53. The van der Waals surface area contributed by atoms with E-state index >= 15 is 0 Å². The number of ether oxygens (including phenoxy) is 1. The average Bonchev–Trinajstić information content (AvgIpc) is 2.76. The Morgan fingerprint density at radius 1 is 1.21 bits per heavy atom. The van der Waals surface area contributed by atoms with Crippen molar-refractivity contribution in [3.63, 3.8) is 0 Å². The SMILES string of the molecule is CC=CCn1c(=O)ccc2cc(OCCCC(=O)N(C)C3CCCCC3)ccc21. The van der Waals surface area contributed by atoms with Gasteiger partial charge in [0.15, 0.2) is 0 Å². The summed E-state index contributed by atoms with van der Waals surface area (Å²) in [4.78, 5) is 26.5. The molecule has 0 spiro atoms. The summed E-state index contributed by atoms with van der Waals surface area (Å²) >= 11 is 0. The van der Waals surface area contributed by atoms with Crippen molar-refractivity contribution in [3.8, 4) is 5.75 Å². The quantitative estimate of drug-likeness (QED) is 0.487. The van der Waals surface area contributed by atoms with Crippen molar-refractivity contribution >= 4 is 16.8 Å². The van der Waals surface area contributed by atoms with Crippen molar-refractivity contribution < 1.29 is 9.53 Å². The van der Waals surface area contributed by atoms with E-state index in [1.807, 2.05) is 55.3 Å². The molecule has 1 saturated carbocycles. The Bertz CT molecular complexity index is 910. The van der Waals surface area contributed by atoms with Crippen LogP contribution in [0.2, 0.25) is 0 Å². The molecule has 156 valence electrons. The first-order chi connectivity index (χ1) is 14.1. The Morgan fingerprint density at radius 2 is 2.00 bits per heavy atom. The molecular weight excluding hydrogens is 364 g/mol. The number of hydrogen-bond acceptors (Lipinski definition) is 3. The van der Waals surface area contributed by atoms with Crippen LogP contribution in [0.4, 0.5) is 0 Å². The number of nitrogens with zero attached hydrogens (tertiary/aromatic N) is 2. The average molecular weight is 397 g/mol. The first-order valence-corrected chi connectivity index (χ1v) is 10.7. The predicted molar refractivity (Wildman–Crippen MR) is 117 cm³/mol. The largest absolute Gasteiger partial charge is 0.494 e. The van der Waals surface area contributed by atoms with E-state index in [9.17, 15) is 9.59 Å². The molecule has 1 heterocycles. The normalized spacial score (nSPS) is 15.1. The summed E-state index contributed by atoms with van der Waals surface area (Å²) in [6.45, 7) is 3.01. The standard InChI is InChI=1S/C24H32N2O3/c1-3-4-16-26-22-14-13-21(18-19(22)12-15-24(26)28)29-17-8-11-23(27)25(2)20-9-6-5-7-10-20/h3-4,12-15,18,20H,5-11,16-17H2,1-2H3. The van der Waals surface area contributed by atoms with Crippen LogP contribution in [0, 0.1) is 0 Å². The number of fused-ring (bicyclic) bond motifs is 1. The van der Waals surface area contributed by atoms with Crippen molar-refractivity contribution in [3.05, 3.63) is 52.8 Å². The van der Waals surface area contributed by atoms with Gasteiger partial charge in [-0.25, -0.2) is 0 Å². The first kappa shape index (κ1) is 21.2. The molecule has 0 unspecified atom stereocenters. The molecular formula is C24H32N2O3. The van der Waals surface area contributed by atoms with Gasteiger partial charge in [-0.3, -0.25) is 9.59 Å². The summed E-state index contributed by atoms with van der Waals surface area (Å²) in [6.07, 6.45) is 11.2. The maximum atomic E-state index is 12.4. The van der Waals surface area contributed by atoms with Gasteiger partial charge in [-0.2, -0.15) is 0 Å². The fourth-order valence-corrected chi connectivity index (χ4v) is 4.03. The first-order valence-electron chi connectivity index (χ1n) is 10.7. The summed E-state index contributed by atoms with van der Waals surface area (Å²) in [5, 5.41) is 0.972. The van der Waals surface area contributed by atoms with Crippen LogP contribution in [0.5, 0.6) is 5.75 Å². The van der Waals surface area contributed by atoms with Gasteiger partial charge in [-0.05, 0) is 50.5 Å². The number of rotatable bonds is 8. The van der Waals surface area contributed by atoms with Crippen molar-refractivity contribution in [2.45, 2.75) is 64.5 Å². The van der Waals surface area contributed by atoms with Crippen LogP contribution < -0.4 is 10.3 Å². The lowest BCUT2D eigenvalue weighted by molar-refractivity contribution is -0.132. The second kappa shape index (κ2) is 10.3. The number of pyridine rings is 1. The molecule has 1 aromatic heterocycles. The van der Waals surface area contributed by atoms with Crippen LogP contribution in [-0.2, 0) is 11.3 Å². The van der Waals surface area contributed by atoms with Gasteiger partial charge in [-0.1, -0.05) is 31.4 Å². The maximum Gasteiger partial charge on any atom is 0.251 e. The van der Waals surface area contributed by atoms with E-state index in [0.717, 1.165) is 29.5 Å². The molecule has 0 N–H and O–H groups in total. The lowest BCUT2D eigenvalue weighted by Crippen LogP contribution is -2.38. The minimum Gasteiger partial charge on any atom is -0.494 e. The third kappa shape index (κ3) is 5.49. The third-order valence-electron chi connectivity index (χ3n) is 5.80. The zero-order chi connectivity index (χ0) is 20.6. The highest BCUT2D eigenvalue weighted by atomic mass is 16.5. The van der Waals surface area contributed by atoms with E-state index in [2.05, 4.69) is 0 Å². The Morgan fingerprint density at radius 3 is 2.76 bits per heavy atom. The topological polar surface area (TPSA) is 51.5 Å². The second-order valence-corrected chi connectivity index (χ2v) is 7.82. The Balaban J connectivity index is 1.53. The van der Waals surface area contributed by atoms with Crippen LogP contribution in [0.15, 0.2) is 47.3 Å². The fraction of sp³-hybridized carbons (Fsp3) is 0.500. The lowest BCUT2D eigenvalue weighted by atomic mass is 9.94. The molecule has 1 aliphatic carbocycles. The molecule has 5 nitrogen and oxygen atoms in total. The molecule has 1 aromatic carbocycles. The number of benzene rings is 1. The molecule has 3 rings (SSSR count). The zero-order valence-electron chi connectivity index (χ0n) is 17.6. The number of carbonyl (C=O) groups excluding carboxylic acids is 1. The van der Waals surface area contributed by atoms with Crippen molar-refractivity contribution in [1.29, 1.82) is 0 Å². The van der Waals surface area contributed by atoms with Gasteiger partial charge in [-0.15, -0.1) is 0 Å². The molecule has 0 radical (unpaired) electrons. The van der Waals surface area contributed by atoms with E-state index in [1.54, 1.807) is 10.6 Å². The van der Waals surface area contributed by atoms with Crippen molar-refractivity contribution in [2.75, 3.05) is 13.7 Å². The van der Waals surface area contributed by atoms with Gasteiger partial charge in [0.05, 0.1) is 12.1 Å². The van der Waals surface area contributed by atoms with Crippen LogP contribution in [0.25, 0.3) is 10.9 Å². The molecule has 1 amide bonds. The van der Waals surface area contributed by atoms with E-state index in [1.165, 1.54) is 19.3 Å². The minimum absolute atomic E-state index is 0.00938. The van der Waals surface area contributed by atoms with Gasteiger partial charge in [0.2, 0.25) is 5.91 Å². The number of aromatic nitrogens is 1. The molecule has 0 bridgehead atoms. The number of amides is 1. The number of carbonyl (C=O) groups is 1. The zero-order valence-corrected chi connectivity index (χ0v) is 17.6. The maximum absolute atomic E-state index is 12.4. The van der Waals surface area contributed by atoms with Gasteiger partial charge < -0.3 is 14.2 Å². The Kier molecular flexibility index (Phi) is 7.50. The minimum atomic E-state index is -0.00938. The van der Waals surface area contributed by atoms with Gasteiger partial charge in [0.25, 0.3) is 5.56 Å². The molecule has 1 aliphatic rings. The smallest absolute Gasteiger partial charge is 0.251 e. The lowest BCUT2D eigenvalue weighted by Gasteiger charge is -2.31. The van der Waals surface area contributed by atoms with Gasteiger partial charge in [0, 0.05) is 37.5 Å². The Hall–Kier alpha value is -2.56. The molecule has 5 heteroatoms. The van der Waals surface area contributed by atoms with E-state index in [4.69, 9.17) is 4.74 Å². The van der Waals surface area contributed by atoms with Crippen molar-refractivity contribution in [1.82, 2.24) is 9.47 Å². The molecule has 1 fully saturated rings. The monoisotopic (exact) mass is 396 g/mol. The summed E-state index contributed by atoms with van der Waals surface area (Å²) < 4.78 is 7.62. The highest BCUT2D eigenvalue weighted by Gasteiger charge is 2.21. The fourth-order valence-electron chi connectivity index (χ4n) is 4.03. The van der Waals surface area contributed by atoms with Gasteiger partial charge in [0.1, 0.15) is 5.75 Å². The summed E-state index contributed by atoms with van der Waals surface area (Å²) in [5.74, 6) is 0.980. The molecule has 0 saturated heterocycles. The number of allylic oxidation sites excluding steroid dienone is 2. The third-order valence-corrected chi connectivity index (χ3v) is 5.80. The van der Waals surface area contributed by atoms with Crippen LogP contribution >= 0.6 is 0 Å². The summed E-state index contributed by atoms with van der Waals surface area (Å²) in [6, 6.07) is 9.62. The molecule has 29 heavy (non-hydrogen) atoms. The molecule has 2 aromatic rings. The van der Waals surface area contributed by atoms with Crippen LogP contribution in [0.3, 0.4) is 0 Å². The Labute approximate surface area is 173 Å². The van der Waals surface area contributed by atoms with E-state index in [-0.39, 0.29) is 11.5 Å². The second-order valence-electron chi connectivity index (χ2n) is 7.82. The number of hydrogen-bond donors (Lipinski definition) is 0. The molecule has 0 atom stereocenters. The van der Waals surface area contributed by atoms with Crippen molar-refractivity contribution in [2.24, 2.45) is 0 Å². The highest BCUT2D eigenvalue weighted by Crippen LogP contribution is 2.23. The van der Waals surface area contributed by atoms with Gasteiger partial charge >= 0.3 is 0 Å². The summed E-state index contributed by atoms with van der Waals surface area (Å²) in [7, 11) is 1.94.